The highest BCUT2D eigenvalue weighted by molar-refractivity contribution is 5.85. The number of hydrogen-bond donors (Lipinski definition) is 1. The second kappa shape index (κ2) is 6.43. The lowest BCUT2D eigenvalue weighted by Crippen LogP contribution is -2.09. The van der Waals surface area contributed by atoms with Crippen molar-refractivity contribution in [2.45, 2.75) is 27.4 Å². The summed E-state index contributed by atoms with van der Waals surface area (Å²) in [7, 11) is 0. The third-order valence-corrected chi connectivity index (χ3v) is 4.78. The maximum atomic E-state index is 12.0. The molecule has 5 heteroatoms. The minimum absolute atomic E-state index is 0.160. The van der Waals surface area contributed by atoms with Gasteiger partial charge in [0.2, 0.25) is 5.56 Å². The number of para-hydroxylation sites is 1. The molecule has 0 aliphatic rings. The Kier molecular flexibility index (Phi) is 4.07. The number of ether oxygens (including phenoxy) is 1. The van der Waals surface area contributed by atoms with Crippen LogP contribution in [0.15, 0.2) is 56.5 Å². The zero-order chi connectivity index (χ0) is 19.1. The van der Waals surface area contributed by atoms with Crippen LogP contribution in [0.4, 0.5) is 0 Å². The number of benzene rings is 2. The van der Waals surface area contributed by atoms with Gasteiger partial charge in [0.1, 0.15) is 17.9 Å². The van der Waals surface area contributed by atoms with E-state index in [0.29, 0.717) is 11.3 Å². The lowest BCUT2D eigenvalue weighted by Gasteiger charge is -2.12. The number of aryl methyl sites for hydroxylation is 3. The normalized spacial score (nSPS) is 11.2. The largest absolute Gasteiger partial charge is 0.489 e. The highest BCUT2D eigenvalue weighted by Gasteiger charge is 2.10. The molecule has 5 nitrogen and oxygen atoms in total. The molecule has 0 spiro atoms. The minimum Gasteiger partial charge on any atom is -0.489 e. The van der Waals surface area contributed by atoms with Crippen molar-refractivity contribution in [1.82, 2.24) is 4.98 Å². The number of rotatable bonds is 3. The molecule has 0 radical (unpaired) electrons. The van der Waals surface area contributed by atoms with E-state index in [1.54, 1.807) is 12.1 Å². The Balaban J connectivity index is 1.74. The van der Waals surface area contributed by atoms with E-state index in [-0.39, 0.29) is 17.8 Å². The van der Waals surface area contributed by atoms with E-state index < -0.39 is 0 Å². The van der Waals surface area contributed by atoms with Gasteiger partial charge in [0.15, 0.2) is 0 Å². The Morgan fingerprint density at radius 1 is 0.963 bits per heavy atom. The van der Waals surface area contributed by atoms with Gasteiger partial charge in [0.25, 0.3) is 0 Å². The molecule has 27 heavy (non-hydrogen) atoms. The first kappa shape index (κ1) is 17.1. The van der Waals surface area contributed by atoms with Gasteiger partial charge in [-0.25, -0.2) is 4.79 Å². The van der Waals surface area contributed by atoms with Crippen molar-refractivity contribution in [3.63, 3.8) is 0 Å². The number of H-pyrrole nitrogens is 1. The van der Waals surface area contributed by atoms with Gasteiger partial charge in [0, 0.05) is 34.5 Å². The van der Waals surface area contributed by atoms with Crippen LogP contribution in [-0.4, -0.2) is 4.98 Å². The van der Waals surface area contributed by atoms with E-state index in [1.165, 1.54) is 6.07 Å². The fourth-order valence-electron chi connectivity index (χ4n) is 3.56. The van der Waals surface area contributed by atoms with Gasteiger partial charge in [0.05, 0.1) is 5.52 Å². The maximum Gasteiger partial charge on any atom is 0.336 e. The third-order valence-electron chi connectivity index (χ3n) is 4.78. The predicted molar refractivity (Wildman–Crippen MR) is 106 cm³/mol. The SMILES string of the molecule is Cc1cccc2c(COc3cc(C)c4c(C)cc(=O)oc4c3)cc(=O)[nH]c12. The third kappa shape index (κ3) is 3.12. The first-order valence-electron chi connectivity index (χ1n) is 8.72. The van der Waals surface area contributed by atoms with Crippen molar-refractivity contribution >= 4 is 21.9 Å². The van der Waals surface area contributed by atoms with Crippen molar-refractivity contribution < 1.29 is 9.15 Å². The van der Waals surface area contributed by atoms with Gasteiger partial charge in [-0.15, -0.1) is 0 Å². The summed E-state index contributed by atoms with van der Waals surface area (Å²) in [5.41, 5.74) is 4.43. The van der Waals surface area contributed by atoms with Gasteiger partial charge in [-0.3, -0.25) is 4.79 Å². The van der Waals surface area contributed by atoms with Crippen molar-refractivity contribution in [3.05, 3.63) is 85.5 Å². The molecule has 0 saturated heterocycles. The van der Waals surface area contributed by atoms with Crippen LogP contribution in [0.5, 0.6) is 5.75 Å². The van der Waals surface area contributed by atoms with Crippen LogP contribution in [0.1, 0.15) is 22.3 Å². The highest BCUT2D eigenvalue weighted by Crippen LogP contribution is 2.27. The topological polar surface area (TPSA) is 72.3 Å². The monoisotopic (exact) mass is 361 g/mol. The van der Waals surface area contributed by atoms with Gasteiger partial charge in [-0.1, -0.05) is 18.2 Å². The summed E-state index contributed by atoms with van der Waals surface area (Å²) >= 11 is 0. The lowest BCUT2D eigenvalue weighted by atomic mass is 10.1. The summed E-state index contributed by atoms with van der Waals surface area (Å²) in [4.78, 5) is 26.6. The highest BCUT2D eigenvalue weighted by atomic mass is 16.5. The number of aromatic nitrogens is 1. The van der Waals surface area contributed by atoms with Crippen molar-refractivity contribution in [2.75, 3.05) is 0 Å². The van der Waals surface area contributed by atoms with Crippen molar-refractivity contribution in [3.8, 4) is 5.75 Å². The van der Waals surface area contributed by atoms with Crippen LogP contribution >= 0.6 is 0 Å². The summed E-state index contributed by atoms with van der Waals surface area (Å²) in [6.45, 7) is 6.04. The molecule has 1 N–H and O–H groups in total. The van der Waals surface area contributed by atoms with E-state index in [0.717, 1.165) is 38.5 Å². The summed E-state index contributed by atoms with van der Waals surface area (Å²) < 4.78 is 11.3. The summed E-state index contributed by atoms with van der Waals surface area (Å²) in [5.74, 6) is 0.592. The standard InChI is InChI=1S/C22H19NO4/c1-12-5-4-6-17-15(9-19(24)23-22(12)17)11-26-16-7-13(2)21-14(3)8-20(25)27-18(21)10-16/h4-10H,11H2,1-3H3,(H,23,24). The van der Waals surface area contributed by atoms with Gasteiger partial charge in [-0.2, -0.15) is 0 Å². The molecule has 0 amide bonds. The molecular formula is C22H19NO4. The Hall–Kier alpha value is -3.34. The Morgan fingerprint density at radius 3 is 2.56 bits per heavy atom. The molecule has 0 unspecified atom stereocenters. The van der Waals surface area contributed by atoms with Crippen molar-refractivity contribution in [2.24, 2.45) is 0 Å². The summed E-state index contributed by atoms with van der Waals surface area (Å²) in [6.07, 6.45) is 0. The molecule has 2 aromatic heterocycles. The molecule has 136 valence electrons. The van der Waals surface area contributed by atoms with Gasteiger partial charge in [-0.05, 0) is 43.5 Å². The van der Waals surface area contributed by atoms with E-state index in [1.807, 2.05) is 45.0 Å². The molecule has 0 aliphatic carbocycles. The number of pyridine rings is 1. The Labute approximate surface area is 155 Å². The van der Waals surface area contributed by atoms with Crippen LogP contribution in [0.25, 0.3) is 21.9 Å². The average molecular weight is 361 g/mol. The fourth-order valence-corrected chi connectivity index (χ4v) is 3.56. The molecule has 4 rings (SSSR count). The number of aromatic amines is 1. The second-order valence-electron chi connectivity index (χ2n) is 6.81. The fraction of sp³-hybridized carbons (Fsp3) is 0.182. The average Bonchev–Trinajstić information content (AvgIpc) is 2.59. The smallest absolute Gasteiger partial charge is 0.336 e. The van der Waals surface area contributed by atoms with Gasteiger partial charge >= 0.3 is 5.63 Å². The van der Waals surface area contributed by atoms with Crippen LogP contribution in [0, 0.1) is 20.8 Å². The molecule has 4 aromatic rings. The lowest BCUT2D eigenvalue weighted by molar-refractivity contribution is 0.307. The molecule has 0 bridgehead atoms. The van der Waals surface area contributed by atoms with Crippen LogP contribution in [0.2, 0.25) is 0 Å². The van der Waals surface area contributed by atoms with Crippen LogP contribution in [0.3, 0.4) is 0 Å². The number of nitrogens with one attached hydrogen (secondary N) is 1. The predicted octanol–water partition coefficient (Wildman–Crippen LogP) is 4.14. The molecule has 0 fully saturated rings. The van der Waals surface area contributed by atoms with Crippen molar-refractivity contribution in [1.29, 1.82) is 0 Å². The summed E-state index contributed by atoms with van der Waals surface area (Å²) in [6, 6.07) is 12.6. The molecule has 2 heterocycles. The first-order chi connectivity index (χ1) is 12.9. The molecule has 0 aliphatic heterocycles. The number of fused-ring (bicyclic) bond motifs is 2. The van der Waals surface area contributed by atoms with E-state index in [2.05, 4.69) is 4.98 Å². The number of hydrogen-bond acceptors (Lipinski definition) is 4. The maximum absolute atomic E-state index is 12.0. The van der Waals surface area contributed by atoms with Gasteiger partial charge < -0.3 is 14.1 Å². The molecular weight excluding hydrogens is 342 g/mol. The van der Waals surface area contributed by atoms with E-state index in [9.17, 15) is 9.59 Å². The van der Waals surface area contributed by atoms with Crippen LogP contribution in [-0.2, 0) is 6.61 Å². The zero-order valence-corrected chi connectivity index (χ0v) is 15.4. The molecule has 2 aromatic carbocycles. The quantitative estimate of drug-likeness (QED) is 0.557. The van der Waals surface area contributed by atoms with E-state index in [4.69, 9.17) is 9.15 Å². The second-order valence-corrected chi connectivity index (χ2v) is 6.81. The first-order valence-corrected chi connectivity index (χ1v) is 8.72. The summed E-state index contributed by atoms with van der Waals surface area (Å²) in [5, 5.41) is 1.87. The minimum atomic E-state index is -0.382. The van der Waals surface area contributed by atoms with E-state index >= 15 is 0 Å². The zero-order valence-electron chi connectivity index (χ0n) is 15.4. The molecule has 0 atom stereocenters. The van der Waals surface area contributed by atoms with Crippen LogP contribution < -0.4 is 15.9 Å². The Morgan fingerprint density at radius 2 is 1.74 bits per heavy atom. The Bertz CT molecular complexity index is 1300. The molecule has 0 saturated carbocycles.